The summed E-state index contributed by atoms with van der Waals surface area (Å²) in [5.41, 5.74) is 0.738. The third-order valence-corrected chi connectivity index (χ3v) is 4.31. The van der Waals surface area contributed by atoms with E-state index in [-0.39, 0.29) is 39.9 Å². The largest absolute Gasteiger partial charge is 0.452 e. The van der Waals surface area contributed by atoms with Gasteiger partial charge in [-0.1, -0.05) is 12.1 Å². The third kappa shape index (κ3) is 3.79. The molecule has 4 rings (SSSR count). The number of rotatable bonds is 4. The number of halogens is 1. The second kappa shape index (κ2) is 7.59. The Morgan fingerprint density at radius 3 is 2.53 bits per heavy atom. The number of benzene rings is 3. The maximum absolute atomic E-state index is 13.3. The standard InChI is InChI=1S/C22H12FNO6/c23-15-3-1-2-13(10-15)11-20-21(25)18-9-8-17(12-19(18)30-20)29-22(26)14-4-6-16(7-5-14)24(27)28/h1-12H. The van der Waals surface area contributed by atoms with Gasteiger partial charge in [0.05, 0.1) is 16.1 Å². The molecule has 1 aliphatic heterocycles. The van der Waals surface area contributed by atoms with Crippen molar-refractivity contribution in [3.05, 3.63) is 105 Å². The number of carbonyl (C=O) groups is 2. The van der Waals surface area contributed by atoms with Gasteiger partial charge in [-0.2, -0.15) is 0 Å². The lowest BCUT2D eigenvalue weighted by atomic mass is 10.1. The first kappa shape index (κ1) is 19.0. The molecule has 0 aliphatic carbocycles. The molecule has 0 amide bonds. The van der Waals surface area contributed by atoms with E-state index in [1.807, 2.05) is 0 Å². The van der Waals surface area contributed by atoms with Crippen LogP contribution in [0.25, 0.3) is 6.08 Å². The van der Waals surface area contributed by atoms with Gasteiger partial charge in [-0.25, -0.2) is 9.18 Å². The minimum atomic E-state index is -0.718. The highest BCUT2D eigenvalue weighted by Crippen LogP contribution is 2.35. The minimum absolute atomic E-state index is 0.0226. The van der Waals surface area contributed by atoms with Gasteiger partial charge in [-0.3, -0.25) is 14.9 Å². The van der Waals surface area contributed by atoms with E-state index < -0.39 is 16.7 Å². The molecule has 0 saturated carbocycles. The number of allylic oxidation sites excluding steroid dienone is 1. The van der Waals surface area contributed by atoms with Gasteiger partial charge < -0.3 is 9.47 Å². The molecule has 3 aromatic rings. The monoisotopic (exact) mass is 405 g/mol. The van der Waals surface area contributed by atoms with E-state index in [2.05, 4.69) is 0 Å². The van der Waals surface area contributed by atoms with Gasteiger partial charge in [-0.05, 0) is 48.0 Å². The highest BCUT2D eigenvalue weighted by atomic mass is 19.1. The summed E-state index contributed by atoms with van der Waals surface area (Å²) in [5, 5.41) is 10.7. The molecule has 148 valence electrons. The second-order valence-corrected chi connectivity index (χ2v) is 6.35. The molecule has 30 heavy (non-hydrogen) atoms. The van der Waals surface area contributed by atoms with Crippen LogP contribution in [0.1, 0.15) is 26.3 Å². The summed E-state index contributed by atoms with van der Waals surface area (Å²) in [4.78, 5) is 34.8. The average molecular weight is 405 g/mol. The number of ether oxygens (including phenoxy) is 2. The van der Waals surface area contributed by atoms with Gasteiger partial charge in [0.2, 0.25) is 5.78 Å². The van der Waals surface area contributed by atoms with E-state index in [0.29, 0.717) is 5.56 Å². The average Bonchev–Trinajstić information content (AvgIpc) is 3.03. The van der Waals surface area contributed by atoms with Crippen molar-refractivity contribution in [2.45, 2.75) is 0 Å². The summed E-state index contributed by atoms with van der Waals surface area (Å²) in [6, 6.07) is 15.0. The van der Waals surface area contributed by atoms with Crippen molar-refractivity contribution in [3.63, 3.8) is 0 Å². The first-order valence-corrected chi connectivity index (χ1v) is 8.71. The van der Waals surface area contributed by atoms with Crippen molar-refractivity contribution in [2.75, 3.05) is 0 Å². The Kier molecular flexibility index (Phi) is 4.81. The Labute approximate surface area is 169 Å². The van der Waals surface area contributed by atoms with Gasteiger partial charge >= 0.3 is 5.97 Å². The number of non-ortho nitro benzene ring substituents is 1. The Morgan fingerprint density at radius 1 is 1.07 bits per heavy atom. The molecule has 0 fully saturated rings. The lowest BCUT2D eigenvalue weighted by Gasteiger charge is -2.05. The van der Waals surface area contributed by atoms with Crippen LogP contribution >= 0.6 is 0 Å². The smallest absolute Gasteiger partial charge is 0.343 e. The van der Waals surface area contributed by atoms with E-state index in [9.17, 15) is 24.1 Å². The molecule has 0 saturated heterocycles. The summed E-state index contributed by atoms with van der Waals surface area (Å²) in [6.07, 6.45) is 1.42. The molecule has 0 spiro atoms. The van der Waals surface area contributed by atoms with Gasteiger partial charge in [0.15, 0.2) is 5.76 Å². The maximum Gasteiger partial charge on any atom is 0.343 e. The number of esters is 1. The molecular formula is C22H12FNO6. The predicted octanol–water partition coefficient (Wildman–Crippen LogP) is 4.57. The lowest BCUT2D eigenvalue weighted by Crippen LogP contribution is -2.08. The maximum atomic E-state index is 13.3. The lowest BCUT2D eigenvalue weighted by molar-refractivity contribution is -0.384. The summed E-state index contributed by atoms with van der Waals surface area (Å²) in [5.74, 6) is -1.16. The van der Waals surface area contributed by atoms with Crippen molar-refractivity contribution < 1.29 is 28.4 Å². The molecule has 0 atom stereocenters. The Balaban J connectivity index is 1.52. The summed E-state index contributed by atoms with van der Waals surface area (Å²) in [6.45, 7) is 0. The Bertz CT molecular complexity index is 1220. The SMILES string of the molecule is O=C(Oc1ccc2c(c1)OC(=Cc1cccc(F)c1)C2=O)c1ccc([N+](=O)[O-])cc1. The van der Waals surface area contributed by atoms with Crippen molar-refractivity contribution in [2.24, 2.45) is 0 Å². The number of ketones is 1. The third-order valence-electron chi connectivity index (χ3n) is 4.31. The van der Waals surface area contributed by atoms with Crippen LogP contribution < -0.4 is 9.47 Å². The molecule has 0 radical (unpaired) electrons. The normalized spacial score (nSPS) is 13.6. The van der Waals surface area contributed by atoms with Crippen molar-refractivity contribution in [1.29, 1.82) is 0 Å². The number of fused-ring (bicyclic) bond motifs is 1. The summed E-state index contributed by atoms with van der Waals surface area (Å²) >= 11 is 0. The fourth-order valence-electron chi connectivity index (χ4n) is 2.86. The van der Waals surface area contributed by atoms with Gasteiger partial charge in [0.25, 0.3) is 5.69 Å². The molecule has 0 N–H and O–H groups in total. The van der Waals surface area contributed by atoms with E-state index in [1.54, 1.807) is 6.07 Å². The number of carbonyl (C=O) groups excluding carboxylic acids is 2. The number of nitro benzene ring substituents is 1. The molecule has 8 heteroatoms. The van der Waals surface area contributed by atoms with Crippen molar-refractivity contribution >= 4 is 23.5 Å². The minimum Gasteiger partial charge on any atom is -0.452 e. The number of hydrogen-bond donors (Lipinski definition) is 0. The number of nitrogens with zero attached hydrogens (tertiary/aromatic N) is 1. The zero-order valence-corrected chi connectivity index (χ0v) is 15.2. The van der Waals surface area contributed by atoms with Crippen LogP contribution in [-0.2, 0) is 0 Å². The van der Waals surface area contributed by atoms with Crippen molar-refractivity contribution in [1.82, 2.24) is 0 Å². The molecule has 7 nitrogen and oxygen atoms in total. The number of nitro groups is 1. The molecule has 1 aliphatic rings. The van der Waals surface area contributed by atoms with Crippen LogP contribution in [-0.4, -0.2) is 16.7 Å². The summed E-state index contributed by atoms with van der Waals surface area (Å²) < 4.78 is 24.2. The Hall–Kier alpha value is -4.33. The zero-order chi connectivity index (χ0) is 21.3. The van der Waals surface area contributed by atoms with E-state index in [0.717, 1.165) is 0 Å². The highest BCUT2D eigenvalue weighted by Gasteiger charge is 2.28. The van der Waals surface area contributed by atoms with E-state index >= 15 is 0 Å². The van der Waals surface area contributed by atoms with Crippen LogP contribution in [0.15, 0.2) is 72.5 Å². The van der Waals surface area contributed by atoms with Gasteiger partial charge in [0.1, 0.15) is 17.3 Å². The fourth-order valence-corrected chi connectivity index (χ4v) is 2.86. The predicted molar refractivity (Wildman–Crippen MR) is 104 cm³/mol. The van der Waals surface area contributed by atoms with Gasteiger partial charge in [-0.15, -0.1) is 0 Å². The molecule has 0 unspecified atom stereocenters. The zero-order valence-electron chi connectivity index (χ0n) is 15.2. The second-order valence-electron chi connectivity index (χ2n) is 6.35. The Morgan fingerprint density at radius 2 is 1.83 bits per heavy atom. The van der Waals surface area contributed by atoms with Crippen molar-refractivity contribution in [3.8, 4) is 11.5 Å². The first-order chi connectivity index (χ1) is 14.4. The van der Waals surface area contributed by atoms with Crippen LogP contribution in [0.2, 0.25) is 0 Å². The fraction of sp³-hybridized carbons (Fsp3) is 0. The summed E-state index contributed by atoms with van der Waals surface area (Å²) in [7, 11) is 0. The van der Waals surface area contributed by atoms with Gasteiger partial charge in [0, 0.05) is 18.2 Å². The van der Waals surface area contributed by atoms with Crippen LogP contribution in [0.5, 0.6) is 11.5 Å². The molecular weight excluding hydrogens is 393 g/mol. The van der Waals surface area contributed by atoms with Crippen LogP contribution in [0.3, 0.4) is 0 Å². The first-order valence-electron chi connectivity index (χ1n) is 8.71. The van der Waals surface area contributed by atoms with Crippen LogP contribution in [0, 0.1) is 15.9 Å². The number of Topliss-reactive ketones (excluding diaryl/α,β-unsaturated/α-hetero) is 1. The highest BCUT2D eigenvalue weighted by molar-refractivity contribution is 6.14. The molecule has 3 aromatic carbocycles. The van der Waals surface area contributed by atoms with E-state index in [4.69, 9.17) is 9.47 Å². The topological polar surface area (TPSA) is 95.7 Å². The van der Waals surface area contributed by atoms with E-state index in [1.165, 1.54) is 66.7 Å². The molecule has 1 heterocycles. The molecule has 0 aromatic heterocycles. The molecule has 0 bridgehead atoms. The van der Waals surface area contributed by atoms with Crippen LogP contribution in [0.4, 0.5) is 10.1 Å². The number of hydrogen-bond acceptors (Lipinski definition) is 6. The quantitative estimate of drug-likeness (QED) is 0.207.